The van der Waals surface area contributed by atoms with Gasteiger partial charge in [0, 0.05) is 11.6 Å². The highest BCUT2D eigenvalue weighted by Gasteiger charge is 2.43. The van der Waals surface area contributed by atoms with Crippen LogP contribution in [0.2, 0.25) is 0 Å². The molecule has 1 aliphatic heterocycles. The Balaban J connectivity index is 1.83. The fraction of sp³-hybridized carbons (Fsp3) is 0.286. The molecular formula is C21H18F3NO3. The molecule has 1 aliphatic carbocycles. The van der Waals surface area contributed by atoms with Gasteiger partial charge in [0.15, 0.2) is 0 Å². The van der Waals surface area contributed by atoms with Gasteiger partial charge in [-0.1, -0.05) is 18.2 Å². The van der Waals surface area contributed by atoms with Crippen LogP contribution in [-0.4, -0.2) is 18.2 Å². The minimum absolute atomic E-state index is 0.0309. The van der Waals surface area contributed by atoms with Crippen molar-refractivity contribution in [1.82, 2.24) is 0 Å². The molecule has 2 aromatic rings. The van der Waals surface area contributed by atoms with E-state index in [4.69, 9.17) is 9.84 Å². The van der Waals surface area contributed by atoms with Crippen LogP contribution in [0.15, 0.2) is 48.6 Å². The van der Waals surface area contributed by atoms with Crippen LogP contribution in [0.3, 0.4) is 0 Å². The predicted octanol–water partition coefficient (Wildman–Crippen LogP) is 5.24. The summed E-state index contributed by atoms with van der Waals surface area (Å²) in [6.07, 6.45) is -0.00567. The Morgan fingerprint density at radius 3 is 2.64 bits per heavy atom. The van der Waals surface area contributed by atoms with E-state index in [-0.39, 0.29) is 23.0 Å². The largest absolute Gasteiger partial charge is 0.497 e. The number of alkyl halides is 3. The van der Waals surface area contributed by atoms with Gasteiger partial charge in [-0.2, -0.15) is 13.2 Å². The summed E-state index contributed by atoms with van der Waals surface area (Å²) in [6.45, 7) is 0. The molecule has 3 atom stereocenters. The number of carboxylic acid groups (broad SMARTS) is 1. The van der Waals surface area contributed by atoms with Crippen molar-refractivity contribution in [2.45, 2.75) is 24.6 Å². The molecule has 2 N–H and O–H groups in total. The van der Waals surface area contributed by atoms with Gasteiger partial charge in [0.25, 0.3) is 0 Å². The third-order valence-electron chi connectivity index (χ3n) is 5.51. The van der Waals surface area contributed by atoms with Gasteiger partial charge in [-0.15, -0.1) is 0 Å². The smallest absolute Gasteiger partial charge is 0.416 e. The molecule has 146 valence electrons. The number of hydrogen-bond acceptors (Lipinski definition) is 3. The van der Waals surface area contributed by atoms with E-state index in [0.29, 0.717) is 12.2 Å². The topological polar surface area (TPSA) is 58.6 Å². The monoisotopic (exact) mass is 389 g/mol. The number of carboxylic acids is 1. The molecule has 7 heteroatoms. The average Bonchev–Trinajstić information content (AvgIpc) is 3.16. The van der Waals surface area contributed by atoms with Crippen LogP contribution in [0, 0.1) is 5.92 Å². The van der Waals surface area contributed by atoms with Gasteiger partial charge >= 0.3 is 12.1 Å². The maximum Gasteiger partial charge on any atom is 0.416 e. The highest BCUT2D eigenvalue weighted by Crippen LogP contribution is 2.52. The van der Waals surface area contributed by atoms with Crippen molar-refractivity contribution in [3.05, 3.63) is 70.8 Å². The van der Waals surface area contributed by atoms with Crippen molar-refractivity contribution in [2.75, 3.05) is 12.4 Å². The molecular weight excluding hydrogens is 371 g/mol. The zero-order valence-electron chi connectivity index (χ0n) is 15.0. The Morgan fingerprint density at radius 2 is 1.96 bits per heavy atom. The number of halogens is 3. The van der Waals surface area contributed by atoms with Crippen LogP contribution < -0.4 is 10.1 Å². The zero-order valence-corrected chi connectivity index (χ0v) is 15.0. The lowest BCUT2D eigenvalue weighted by Crippen LogP contribution is -2.31. The molecule has 4 rings (SSSR count). The number of ether oxygens (including phenoxy) is 1. The van der Waals surface area contributed by atoms with Gasteiger partial charge in [-0.25, -0.2) is 4.79 Å². The van der Waals surface area contributed by atoms with Crippen LogP contribution in [0.1, 0.15) is 45.4 Å². The standard InChI is InChI=1S/C21H18F3NO3/c1-28-12-6-8-18-16(10-12)13-3-2-4-14(13)19(25-18)15-7-5-11(20(26)27)9-17(15)21(22,23)24/h2-3,5-10,13-14,19,25H,4H2,1H3,(H,26,27)/t13-,14+,19-/m1/s1. The first-order chi connectivity index (χ1) is 13.3. The van der Waals surface area contributed by atoms with Crippen LogP contribution >= 0.6 is 0 Å². The quantitative estimate of drug-likeness (QED) is 0.705. The minimum Gasteiger partial charge on any atom is -0.497 e. The van der Waals surface area contributed by atoms with Crippen LogP contribution in [0.25, 0.3) is 0 Å². The van der Waals surface area contributed by atoms with Gasteiger partial charge in [0.1, 0.15) is 5.75 Å². The number of aromatic carboxylic acids is 1. The van der Waals surface area contributed by atoms with Gasteiger partial charge < -0.3 is 15.2 Å². The lowest BCUT2D eigenvalue weighted by Gasteiger charge is -2.38. The highest BCUT2D eigenvalue weighted by atomic mass is 19.4. The lowest BCUT2D eigenvalue weighted by molar-refractivity contribution is -0.138. The Kier molecular flexibility index (Phi) is 4.33. The number of fused-ring (bicyclic) bond motifs is 3. The summed E-state index contributed by atoms with van der Waals surface area (Å²) < 4.78 is 46.5. The van der Waals surface area contributed by atoms with E-state index >= 15 is 0 Å². The molecule has 0 radical (unpaired) electrons. The molecule has 0 saturated heterocycles. The number of methoxy groups -OCH3 is 1. The van der Waals surface area contributed by atoms with E-state index in [1.165, 1.54) is 12.1 Å². The average molecular weight is 389 g/mol. The first-order valence-corrected chi connectivity index (χ1v) is 8.85. The number of nitrogens with one attached hydrogen (secondary N) is 1. The van der Waals surface area contributed by atoms with Gasteiger partial charge in [0.2, 0.25) is 0 Å². The van der Waals surface area contributed by atoms with Crippen molar-refractivity contribution in [3.8, 4) is 5.75 Å². The maximum atomic E-state index is 13.7. The molecule has 0 fully saturated rings. The van der Waals surface area contributed by atoms with Gasteiger partial charge in [-0.3, -0.25) is 0 Å². The van der Waals surface area contributed by atoms with Crippen LogP contribution in [-0.2, 0) is 6.18 Å². The molecule has 0 unspecified atom stereocenters. The second-order valence-electron chi connectivity index (χ2n) is 7.03. The maximum absolute atomic E-state index is 13.7. The number of carbonyl (C=O) groups is 1. The fourth-order valence-corrected chi connectivity index (χ4v) is 4.21. The third kappa shape index (κ3) is 3.00. The summed E-state index contributed by atoms with van der Waals surface area (Å²) in [5.74, 6) is -0.820. The van der Waals surface area contributed by atoms with Crippen LogP contribution in [0.5, 0.6) is 5.75 Å². The van der Waals surface area contributed by atoms with Crippen molar-refractivity contribution >= 4 is 11.7 Å². The first kappa shape index (κ1) is 18.4. The molecule has 0 aromatic heterocycles. The molecule has 1 heterocycles. The third-order valence-corrected chi connectivity index (χ3v) is 5.51. The summed E-state index contributed by atoms with van der Waals surface area (Å²) in [7, 11) is 1.57. The van der Waals surface area contributed by atoms with E-state index < -0.39 is 23.8 Å². The second-order valence-corrected chi connectivity index (χ2v) is 7.03. The van der Waals surface area contributed by atoms with E-state index in [2.05, 4.69) is 5.32 Å². The highest BCUT2D eigenvalue weighted by molar-refractivity contribution is 5.88. The number of rotatable bonds is 3. The van der Waals surface area contributed by atoms with Crippen molar-refractivity contribution in [1.29, 1.82) is 0 Å². The van der Waals surface area contributed by atoms with Gasteiger partial charge in [0.05, 0.1) is 24.3 Å². The second kappa shape index (κ2) is 6.58. The molecule has 0 saturated carbocycles. The van der Waals surface area contributed by atoms with Gasteiger partial charge in [-0.05, 0) is 53.8 Å². The van der Waals surface area contributed by atoms with E-state index in [0.717, 1.165) is 17.3 Å². The SMILES string of the molecule is COc1ccc2c(c1)[C@@H]1C=CC[C@@H]1[C@H](c1ccc(C(=O)O)cc1C(F)(F)F)N2. The Bertz CT molecular complexity index is 968. The Hall–Kier alpha value is -2.96. The first-order valence-electron chi connectivity index (χ1n) is 8.85. The van der Waals surface area contributed by atoms with Crippen LogP contribution in [0.4, 0.5) is 18.9 Å². The number of anilines is 1. The number of allylic oxidation sites excluding steroid dienone is 2. The van der Waals surface area contributed by atoms with E-state index in [1.807, 2.05) is 24.3 Å². The van der Waals surface area contributed by atoms with E-state index in [9.17, 15) is 18.0 Å². The molecule has 28 heavy (non-hydrogen) atoms. The fourth-order valence-electron chi connectivity index (χ4n) is 4.21. The molecule has 4 nitrogen and oxygen atoms in total. The van der Waals surface area contributed by atoms with Crippen molar-refractivity contribution in [2.24, 2.45) is 5.92 Å². The number of hydrogen-bond donors (Lipinski definition) is 2. The summed E-state index contributed by atoms with van der Waals surface area (Å²) in [5.41, 5.74) is 0.530. The lowest BCUT2D eigenvalue weighted by atomic mass is 9.76. The number of benzene rings is 2. The zero-order chi connectivity index (χ0) is 20.1. The normalized spacial score (nSPS) is 22.9. The van der Waals surface area contributed by atoms with Crippen molar-refractivity contribution < 1.29 is 27.8 Å². The Morgan fingerprint density at radius 1 is 1.18 bits per heavy atom. The molecule has 2 aliphatic rings. The minimum atomic E-state index is -4.65. The summed E-state index contributed by atoms with van der Waals surface area (Å²) in [4.78, 5) is 11.2. The molecule has 2 aromatic carbocycles. The molecule has 0 amide bonds. The van der Waals surface area contributed by atoms with E-state index in [1.54, 1.807) is 13.2 Å². The summed E-state index contributed by atoms with van der Waals surface area (Å²) >= 11 is 0. The molecule has 0 bridgehead atoms. The molecule has 0 spiro atoms. The van der Waals surface area contributed by atoms with Crippen molar-refractivity contribution in [3.63, 3.8) is 0 Å². The predicted molar refractivity (Wildman–Crippen MR) is 97.7 cm³/mol. The summed E-state index contributed by atoms with van der Waals surface area (Å²) in [6, 6.07) is 8.14. The summed E-state index contributed by atoms with van der Waals surface area (Å²) in [5, 5.41) is 12.4. The Labute approximate surface area is 159 Å².